The normalized spacial score (nSPS) is 13.2. The minimum Gasteiger partial charge on any atom is -0.493 e. The monoisotopic (exact) mass is 439 g/mol. The van der Waals surface area contributed by atoms with Gasteiger partial charge in [0.1, 0.15) is 11.6 Å². The fraction of sp³-hybridized carbons (Fsp3) is 0.391. The molecule has 0 unspecified atom stereocenters. The average molecular weight is 439 g/mol. The quantitative estimate of drug-likeness (QED) is 0.628. The number of fused-ring (bicyclic) bond motifs is 2. The molecule has 1 aliphatic carbocycles. The number of benzene rings is 1. The highest BCUT2D eigenvalue weighted by molar-refractivity contribution is 6.03. The van der Waals surface area contributed by atoms with Crippen LogP contribution in [0.15, 0.2) is 21.3 Å². The van der Waals surface area contributed by atoms with Gasteiger partial charge >= 0.3 is 0 Å². The number of carbonyl (C=O) groups is 2. The molecular weight excluding hydrogens is 414 g/mol. The molecular formula is C23H25N3O6. The number of aromatic amines is 1. The number of hydrogen-bond acceptors (Lipinski definition) is 7. The van der Waals surface area contributed by atoms with Crippen molar-refractivity contribution in [3.63, 3.8) is 0 Å². The highest BCUT2D eigenvalue weighted by Crippen LogP contribution is 2.31. The van der Waals surface area contributed by atoms with Crippen LogP contribution in [0.5, 0.6) is 11.5 Å². The number of aromatic nitrogens is 2. The zero-order chi connectivity index (χ0) is 23.0. The van der Waals surface area contributed by atoms with Crippen molar-refractivity contribution in [3.8, 4) is 11.5 Å². The standard InChI is InChI=1S/C23H25N3O6/c1-5-26(23(29)21-12(2)20-15(27)7-6-8-16(20)32-21)11-19-24-14-10-18(31-4)17(30-3)9-13(14)22(28)25-19/h9-10H,5-8,11H2,1-4H3,(H,24,25,28). The van der Waals surface area contributed by atoms with Crippen molar-refractivity contribution < 1.29 is 23.5 Å². The minimum absolute atomic E-state index is 0.0134. The van der Waals surface area contributed by atoms with E-state index in [2.05, 4.69) is 9.97 Å². The molecule has 0 saturated carbocycles. The van der Waals surface area contributed by atoms with E-state index in [0.29, 0.717) is 64.5 Å². The van der Waals surface area contributed by atoms with Gasteiger partial charge in [-0.15, -0.1) is 0 Å². The first-order valence-electron chi connectivity index (χ1n) is 10.5. The van der Waals surface area contributed by atoms with Gasteiger partial charge in [-0.2, -0.15) is 0 Å². The van der Waals surface area contributed by atoms with Crippen molar-refractivity contribution in [1.29, 1.82) is 0 Å². The molecule has 9 nitrogen and oxygen atoms in total. The van der Waals surface area contributed by atoms with Gasteiger partial charge in [0.05, 0.1) is 37.2 Å². The number of carbonyl (C=O) groups excluding carboxylic acids is 2. The highest BCUT2D eigenvalue weighted by atomic mass is 16.5. The summed E-state index contributed by atoms with van der Waals surface area (Å²) in [7, 11) is 3.00. The van der Waals surface area contributed by atoms with Crippen molar-refractivity contribution in [1.82, 2.24) is 14.9 Å². The van der Waals surface area contributed by atoms with Crippen LogP contribution in [0, 0.1) is 6.92 Å². The summed E-state index contributed by atoms with van der Waals surface area (Å²) in [6.07, 6.45) is 1.83. The van der Waals surface area contributed by atoms with Crippen molar-refractivity contribution in [2.75, 3.05) is 20.8 Å². The Labute approximate surface area is 184 Å². The molecule has 9 heteroatoms. The van der Waals surface area contributed by atoms with Gasteiger partial charge in [-0.1, -0.05) is 0 Å². The number of furan rings is 1. The smallest absolute Gasteiger partial charge is 0.290 e. The summed E-state index contributed by atoms with van der Waals surface area (Å²) in [4.78, 5) is 46.9. The number of amides is 1. The number of methoxy groups -OCH3 is 2. The minimum atomic E-state index is -0.345. The molecule has 1 N–H and O–H groups in total. The van der Waals surface area contributed by atoms with Crippen LogP contribution in [0.3, 0.4) is 0 Å². The van der Waals surface area contributed by atoms with E-state index in [-0.39, 0.29) is 29.6 Å². The van der Waals surface area contributed by atoms with E-state index < -0.39 is 0 Å². The Kier molecular flexibility index (Phi) is 5.73. The van der Waals surface area contributed by atoms with E-state index in [4.69, 9.17) is 13.9 Å². The SMILES string of the molecule is CCN(Cc1nc2cc(OC)c(OC)cc2c(=O)[nH]1)C(=O)c1oc2c(c1C)C(=O)CCC2. The first-order chi connectivity index (χ1) is 15.4. The van der Waals surface area contributed by atoms with Crippen molar-refractivity contribution in [3.05, 3.63) is 51.0 Å². The lowest BCUT2D eigenvalue weighted by atomic mass is 9.94. The molecule has 168 valence electrons. The van der Waals surface area contributed by atoms with Crippen LogP contribution in [-0.2, 0) is 13.0 Å². The predicted octanol–water partition coefficient (Wildman–Crippen LogP) is 3.02. The molecule has 0 aliphatic heterocycles. The zero-order valence-corrected chi connectivity index (χ0v) is 18.5. The summed E-state index contributed by atoms with van der Waals surface area (Å²) >= 11 is 0. The zero-order valence-electron chi connectivity index (χ0n) is 18.5. The maximum atomic E-state index is 13.2. The number of ether oxygens (including phenoxy) is 2. The van der Waals surface area contributed by atoms with Crippen LogP contribution in [0.25, 0.3) is 10.9 Å². The number of aryl methyl sites for hydroxylation is 1. The van der Waals surface area contributed by atoms with Gasteiger partial charge in [0, 0.05) is 31.0 Å². The Morgan fingerprint density at radius 2 is 1.91 bits per heavy atom. The van der Waals surface area contributed by atoms with E-state index >= 15 is 0 Å². The number of rotatable bonds is 6. The second-order valence-corrected chi connectivity index (χ2v) is 7.69. The summed E-state index contributed by atoms with van der Waals surface area (Å²) in [5, 5.41) is 0.355. The van der Waals surface area contributed by atoms with Gasteiger partial charge in [-0.05, 0) is 26.3 Å². The van der Waals surface area contributed by atoms with Gasteiger partial charge in [0.2, 0.25) is 0 Å². The third-order valence-corrected chi connectivity index (χ3v) is 5.77. The molecule has 0 radical (unpaired) electrons. The second-order valence-electron chi connectivity index (χ2n) is 7.69. The number of nitrogens with one attached hydrogen (secondary N) is 1. The molecule has 1 amide bonds. The fourth-order valence-corrected chi connectivity index (χ4v) is 4.09. The van der Waals surface area contributed by atoms with Gasteiger partial charge in [-0.25, -0.2) is 4.98 Å². The Hall–Kier alpha value is -3.62. The van der Waals surface area contributed by atoms with Gasteiger partial charge in [0.25, 0.3) is 11.5 Å². The average Bonchev–Trinajstić information content (AvgIpc) is 3.13. The van der Waals surface area contributed by atoms with Crippen molar-refractivity contribution in [2.45, 2.75) is 39.7 Å². The topological polar surface area (TPSA) is 115 Å². The fourth-order valence-electron chi connectivity index (χ4n) is 4.09. The molecule has 0 spiro atoms. The lowest BCUT2D eigenvalue weighted by Gasteiger charge is -2.19. The van der Waals surface area contributed by atoms with Gasteiger partial charge in [-0.3, -0.25) is 14.4 Å². The Balaban J connectivity index is 1.67. The first-order valence-corrected chi connectivity index (χ1v) is 10.5. The Morgan fingerprint density at radius 3 is 2.56 bits per heavy atom. The van der Waals surface area contributed by atoms with Gasteiger partial charge in [0.15, 0.2) is 23.0 Å². The third kappa shape index (κ3) is 3.63. The molecule has 2 heterocycles. The van der Waals surface area contributed by atoms with Crippen molar-refractivity contribution in [2.24, 2.45) is 0 Å². The molecule has 0 saturated heterocycles. The molecule has 1 aromatic carbocycles. The molecule has 3 aromatic rings. The number of ketones is 1. The van der Waals surface area contributed by atoms with Gasteiger partial charge < -0.3 is 23.8 Å². The summed E-state index contributed by atoms with van der Waals surface area (Å²) in [6, 6.07) is 3.20. The number of nitrogens with zero attached hydrogens (tertiary/aromatic N) is 2. The van der Waals surface area contributed by atoms with Crippen molar-refractivity contribution >= 4 is 22.6 Å². The number of H-pyrrole nitrogens is 1. The summed E-state index contributed by atoms with van der Waals surface area (Å²) < 4.78 is 16.4. The van der Waals surface area contributed by atoms with Crippen LogP contribution in [0.1, 0.15) is 57.8 Å². The van der Waals surface area contributed by atoms with E-state index in [0.717, 1.165) is 6.42 Å². The highest BCUT2D eigenvalue weighted by Gasteiger charge is 2.30. The second kappa shape index (κ2) is 8.49. The van der Waals surface area contributed by atoms with Crippen LogP contribution >= 0.6 is 0 Å². The Bertz CT molecular complexity index is 1270. The Morgan fingerprint density at radius 1 is 1.19 bits per heavy atom. The molecule has 0 bridgehead atoms. The molecule has 4 rings (SSSR count). The van der Waals surface area contributed by atoms with Crippen LogP contribution in [-0.4, -0.2) is 47.3 Å². The molecule has 2 aromatic heterocycles. The third-order valence-electron chi connectivity index (χ3n) is 5.77. The van der Waals surface area contributed by atoms with E-state index in [1.807, 2.05) is 6.92 Å². The summed E-state index contributed by atoms with van der Waals surface area (Å²) in [5.74, 6) is 1.63. The number of Topliss-reactive ketones (excluding diaryl/α,β-unsaturated/α-hetero) is 1. The maximum Gasteiger partial charge on any atom is 0.290 e. The van der Waals surface area contributed by atoms with E-state index in [1.54, 1.807) is 19.1 Å². The maximum absolute atomic E-state index is 13.2. The summed E-state index contributed by atoms with van der Waals surface area (Å²) in [5.41, 5.74) is 1.20. The predicted molar refractivity (Wildman–Crippen MR) is 117 cm³/mol. The van der Waals surface area contributed by atoms with E-state index in [9.17, 15) is 14.4 Å². The first kappa shape index (κ1) is 21.6. The lowest BCUT2D eigenvalue weighted by molar-refractivity contribution is 0.0712. The molecule has 0 fully saturated rings. The number of hydrogen-bond donors (Lipinski definition) is 1. The summed E-state index contributed by atoms with van der Waals surface area (Å²) in [6.45, 7) is 4.01. The van der Waals surface area contributed by atoms with Crippen LogP contribution in [0.2, 0.25) is 0 Å². The molecule has 1 aliphatic rings. The van der Waals surface area contributed by atoms with Crippen LogP contribution in [0.4, 0.5) is 0 Å². The van der Waals surface area contributed by atoms with E-state index in [1.165, 1.54) is 19.1 Å². The molecule has 0 atom stereocenters. The largest absolute Gasteiger partial charge is 0.493 e. The van der Waals surface area contributed by atoms with Crippen LogP contribution < -0.4 is 15.0 Å². The lowest BCUT2D eigenvalue weighted by Crippen LogP contribution is -2.32. The molecule has 32 heavy (non-hydrogen) atoms.